The minimum Gasteiger partial charge on any atom is -0.472 e. The summed E-state index contributed by atoms with van der Waals surface area (Å²) in [7, 11) is 0. The third-order valence-corrected chi connectivity index (χ3v) is 2.29. The molecule has 17 heavy (non-hydrogen) atoms. The zero-order valence-electron chi connectivity index (χ0n) is 8.70. The van der Waals surface area contributed by atoms with Gasteiger partial charge in [0.1, 0.15) is 6.26 Å². The third kappa shape index (κ3) is 1.65. The summed E-state index contributed by atoms with van der Waals surface area (Å²) < 4.78 is 10.1. The molecule has 3 aromatic rings. The van der Waals surface area contributed by atoms with Gasteiger partial charge in [-0.25, -0.2) is 0 Å². The van der Waals surface area contributed by atoms with Gasteiger partial charge in [0.25, 0.3) is 5.89 Å². The number of hydrogen-bond donors (Lipinski definition) is 1. The molecule has 3 rings (SSSR count). The van der Waals surface area contributed by atoms with Crippen molar-refractivity contribution in [2.75, 3.05) is 5.73 Å². The molecule has 0 aliphatic heterocycles. The number of aromatic nitrogens is 3. The van der Waals surface area contributed by atoms with Crippen molar-refractivity contribution in [2.24, 2.45) is 0 Å². The van der Waals surface area contributed by atoms with Gasteiger partial charge in [-0.15, -0.1) is 0 Å². The van der Waals surface area contributed by atoms with Gasteiger partial charge in [-0.3, -0.25) is 4.98 Å². The lowest BCUT2D eigenvalue weighted by Crippen LogP contribution is -1.90. The second-order valence-corrected chi connectivity index (χ2v) is 3.40. The van der Waals surface area contributed by atoms with Crippen molar-refractivity contribution >= 4 is 5.69 Å². The van der Waals surface area contributed by atoms with E-state index in [0.717, 1.165) is 5.56 Å². The summed E-state index contributed by atoms with van der Waals surface area (Å²) in [5.74, 6) is 0.825. The second kappa shape index (κ2) is 3.75. The molecule has 0 aliphatic rings. The number of hydrogen-bond acceptors (Lipinski definition) is 6. The van der Waals surface area contributed by atoms with Crippen LogP contribution in [0.1, 0.15) is 0 Å². The molecule has 0 aromatic carbocycles. The molecule has 0 radical (unpaired) electrons. The molecule has 0 bridgehead atoms. The Labute approximate surface area is 96.1 Å². The first kappa shape index (κ1) is 9.59. The Hall–Kier alpha value is -2.63. The van der Waals surface area contributed by atoms with Crippen LogP contribution >= 0.6 is 0 Å². The standard InChI is InChI=1S/C11H8N4O2/c12-9-5-13-3-1-8(9)11-14-10(15-17-11)7-2-4-16-6-7/h1-6H,12H2. The number of furan rings is 1. The number of rotatable bonds is 2. The lowest BCUT2D eigenvalue weighted by Gasteiger charge is -1.96. The molecule has 2 N–H and O–H groups in total. The summed E-state index contributed by atoms with van der Waals surface area (Å²) in [4.78, 5) is 8.14. The Bertz CT molecular complexity index is 630. The fourth-order valence-electron chi connectivity index (χ4n) is 1.44. The van der Waals surface area contributed by atoms with E-state index >= 15 is 0 Å². The monoisotopic (exact) mass is 228 g/mol. The van der Waals surface area contributed by atoms with Crippen molar-refractivity contribution in [3.63, 3.8) is 0 Å². The van der Waals surface area contributed by atoms with Crippen LogP contribution in [0, 0.1) is 0 Å². The largest absolute Gasteiger partial charge is 0.472 e. The predicted octanol–water partition coefficient (Wildman–Crippen LogP) is 1.97. The molecule has 0 spiro atoms. The van der Waals surface area contributed by atoms with Gasteiger partial charge in [0.15, 0.2) is 0 Å². The molecule has 84 valence electrons. The summed E-state index contributed by atoms with van der Waals surface area (Å²) in [6.07, 6.45) is 6.25. The summed E-state index contributed by atoms with van der Waals surface area (Å²) in [6, 6.07) is 3.48. The highest BCUT2D eigenvalue weighted by Crippen LogP contribution is 2.25. The third-order valence-electron chi connectivity index (χ3n) is 2.29. The predicted molar refractivity (Wildman–Crippen MR) is 59.6 cm³/mol. The van der Waals surface area contributed by atoms with E-state index in [4.69, 9.17) is 14.7 Å². The summed E-state index contributed by atoms with van der Waals surface area (Å²) >= 11 is 0. The van der Waals surface area contributed by atoms with Crippen molar-refractivity contribution < 1.29 is 8.94 Å². The number of anilines is 1. The van der Waals surface area contributed by atoms with Gasteiger partial charge in [-0.1, -0.05) is 5.16 Å². The van der Waals surface area contributed by atoms with Crippen molar-refractivity contribution in [3.05, 3.63) is 37.1 Å². The fourth-order valence-corrected chi connectivity index (χ4v) is 1.44. The molecule has 0 saturated carbocycles. The molecule has 0 fully saturated rings. The number of nitrogens with zero attached hydrogens (tertiary/aromatic N) is 3. The molecular weight excluding hydrogens is 220 g/mol. The molecule has 6 nitrogen and oxygen atoms in total. The first-order valence-electron chi connectivity index (χ1n) is 4.91. The lowest BCUT2D eigenvalue weighted by atomic mass is 10.2. The summed E-state index contributed by atoms with van der Waals surface area (Å²) in [5.41, 5.74) is 7.69. The molecular formula is C11H8N4O2. The Kier molecular flexibility index (Phi) is 2.11. The van der Waals surface area contributed by atoms with Crippen LogP contribution in [-0.2, 0) is 0 Å². The number of nitrogen functional groups attached to an aromatic ring is 1. The van der Waals surface area contributed by atoms with Crippen molar-refractivity contribution in [1.82, 2.24) is 15.1 Å². The Morgan fingerprint density at radius 3 is 2.94 bits per heavy atom. The van der Waals surface area contributed by atoms with Gasteiger partial charge in [-0.2, -0.15) is 4.98 Å². The van der Waals surface area contributed by atoms with Gasteiger partial charge in [0, 0.05) is 6.20 Å². The van der Waals surface area contributed by atoms with Crippen LogP contribution in [0.3, 0.4) is 0 Å². The van der Waals surface area contributed by atoms with Gasteiger partial charge < -0.3 is 14.7 Å². The highest BCUT2D eigenvalue weighted by atomic mass is 16.5. The van der Waals surface area contributed by atoms with E-state index in [1.165, 1.54) is 6.20 Å². The maximum Gasteiger partial charge on any atom is 0.260 e. The van der Waals surface area contributed by atoms with Crippen LogP contribution in [0.25, 0.3) is 22.8 Å². The molecule has 3 aromatic heterocycles. The average Bonchev–Trinajstić information content (AvgIpc) is 3.00. The minimum atomic E-state index is 0.362. The van der Waals surface area contributed by atoms with Crippen LogP contribution in [0.4, 0.5) is 5.69 Å². The quantitative estimate of drug-likeness (QED) is 0.721. The van der Waals surface area contributed by atoms with E-state index in [0.29, 0.717) is 23.0 Å². The highest BCUT2D eigenvalue weighted by Gasteiger charge is 2.13. The van der Waals surface area contributed by atoms with E-state index in [1.54, 1.807) is 30.9 Å². The maximum absolute atomic E-state index is 5.77. The molecule has 0 amide bonds. The molecule has 3 heterocycles. The average molecular weight is 228 g/mol. The first-order valence-corrected chi connectivity index (χ1v) is 4.91. The van der Waals surface area contributed by atoms with Crippen LogP contribution in [0.2, 0.25) is 0 Å². The zero-order valence-corrected chi connectivity index (χ0v) is 8.70. The van der Waals surface area contributed by atoms with E-state index in [-0.39, 0.29) is 0 Å². The smallest absolute Gasteiger partial charge is 0.260 e. The first-order chi connectivity index (χ1) is 8.34. The zero-order chi connectivity index (χ0) is 11.7. The molecule has 0 unspecified atom stereocenters. The van der Waals surface area contributed by atoms with Crippen molar-refractivity contribution in [2.45, 2.75) is 0 Å². The van der Waals surface area contributed by atoms with Crippen LogP contribution in [-0.4, -0.2) is 15.1 Å². The molecule has 0 atom stereocenters. The topological polar surface area (TPSA) is 91.0 Å². The van der Waals surface area contributed by atoms with Gasteiger partial charge in [0.05, 0.1) is 29.3 Å². The lowest BCUT2D eigenvalue weighted by molar-refractivity contribution is 0.432. The van der Waals surface area contributed by atoms with Crippen molar-refractivity contribution in [1.29, 1.82) is 0 Å². The van der Waals surface area contributed by atoms with Gasteiger partial charge in [0.2, 0.25) is 5.82 Å². The van der Waals surface area contributed by atoms with E-state index < -0.39 is 0 Å². The Balaban J connectivity index is 2.04. The van der Waals surface area contributed by atoms with E-state index in [2.05, 4.69) is 15.1 Å². The van der Waals surface area contributed by atoms with Crippen LogP contribution in [0.15, 0.2) is 46.0 Å². The fraction of sp³-hybridized carbons (Fsp3) is 0. The second-order valence-electron chi connectivity index (χ2n) is 3.40. The van der Waals surface area contributed by atoms with Crippen LogP contribution in [0.5, 0.6) is 0 Å². The van der Waals surface area contributed by atoms with E-state index in [9.17, 15) is 0 Å². The van der Waals surface area contributed by atoms with Crippen molar-refractivity contribution in [3.8, 4) is 22.8 Å². The van der Waals surface area contributed by atoms with Crippen LogP contribution < -0.4 is 5.73 Å². The Morgan fingerprint density at radius 2 is 2.18 bits per heavy atom. The SMILES string of the molecule is Nc1cnccc1-c1nc(-c2ccoc2)no1. The van der Waals surface area contributed by atoms with Gasteiger partial charge >= 0.3 is 0 Å². The van der Waals surface area contributed by atoms with E-state index in [1.807, 2.05) is 0 Å². The maximum atomic E-state index is 5.77. The molecule has 0 saturated heterocycles. The summed E-state index contributed by atoms with van der Waals surface area (Å²) in [5, 5.41) is 3.85. The molecule has 0 aliphatic carbocycles. The number of pyridine rings is 1. The normalized spacial score (nSPS) is 10.6. The highest BCUT2D eigenvalue weighted by molar-refractivity contribution is 5.70. The number of nitrogens with two attached hydrogens (primary N) is 1. The minimum absolute atomic E-state index is 0.362. The Morgan fingerprint density at radius 1 is 1.24 bits per heavy atom. The molecule has 6 heteroatoms. The summed E-state index contributed by atoms with van der Waals surface area (Å²) in [6.45, 7) is 0. The van der Waals surface area contributed by atoms with Gasteiger partial charge in [-0.05, 0) is 12.1 Å².